The largest absolute Gasteiger partial charge is 0.494 e. The molecule has 21 heavy (non-hydrogen) atoms. The van der Waals surface area contributed by atoms with Crippen molar-refractivity contribution in [2.45, 2.75) is 38.6 Å². The maximum atomic E-state index is 13.8. The summed E-state index contributed by atoms with van der Waals surface area (Å²) in [5.74, 6) is 2.18. The molecule has 1 aromatic heterocycles. The van der Waals surface area contributed by atoms with Crippen molar-refractivity contribution in [3.05, 3.63) is 23.8 Å². The van der Waals surface area contributed by atoms with Gasteiger partial charge in [0.05, 0.1) is 18.1 Å². The molecule has 0 atom stereocenters. The van der Waals surface area contributed by atoms with Gasteiger partial charge >= 0.3 is 0 Å². The minimum atomic E-state index is -0.369. The molecule has 0 radical (unpaired) electrons. The second-order valence-electron chi connectivity index (χ2n) is 5.68. The van der Waals surface area contributed by atoms with Crippen molar-refractivity contribution >= 4 is 22.6 Å². The van der Waals surface area contributed by atoms with Crippen molar-refractivity contribution in [2.75, 3.05) is 13.0 Å². The van der Waals surface area contributed by atoms with Crippen molar-refractivity contribution in [3.63, 3.8) is 0 Å². The molecule has 114 valence electrons. The molecular formula is C16H20ClFN2O. The van der Waals surface area contributed by atoms with E-state index in [1.54, 1.807) is 6.07 Å². The second-order valence-corrected chi connectivity index (χ2v) is 6.06. The smallest absolute Gasteiger partial charge is 0.167 e. The molecular weight excluding hydrogens is 291 g/mol. The number of fused-ring (bicyclic) bond motifs is 1. The number of nitrogens with zero attached hydrogens (tertiary/aromatic N) is 2. The van der Waals surface area contributed by atoms with Crippen LogP contribution in [-0.2, 0) is 13.0 Å². The molecule has 1 fully saturated rings. The van der Waals surface area contributed by atoms with Gasteiger partial charge in [0, 0.05) is 31.0 Å². The van der Waals surface area contributed by atoms with E-state index in [9.17, 15) is 4.39 Å². The van der Waals surface area contributed by atoms with E-state index in [4.69, 9.17) is 16.3 Å². The van der Waals surface area contributed by atoms with Gasteiger partial charge in [0.25, 0.3) is 0 Å². The number of hydrogen-bond acceptors (Lipinski definition) is 2. The summed E-state index contributed by atoms with van der Waals surface area (Å²) in [6, 6.07) is 3.20. The van der Waals surface area contributed by atoms with Crippen LogP contribution in [0.4, 0.5) is 4.39 Å². The van der Waals surface area contributed by atoms with Gasteiger partial charge in [-0.3, -0.25) is 0 Å². The lowest BCUT2D eigenvalue weighted by atomic mass is 9.83. The molecule has 1 aliphatic carbocycles. The number of methoxy groups -OCH3 is 1. The number of aryl methyl sites for hydroxylation is 2. The Labute approximate surface area is 129 Å². The predicted molar refractivity (Wildman–Crippen MR) is 82.6 cm³/mol. The molecule has 0 bridgehead atoms. The van der Waals surface area contributed by atoms with Gasteiger partial charge < -0.3 is 9.30 Å². The molecule has 0 unspecified atom stereocenters. The Morgan fingerprint density at radius 3 is 2.86 bits per heavy atom. The standard InChI is InChI=1S/C16H20ClFN2O/c1-21-15-10-14-13(9-12(15)18)19-16(5-7-17)20(14)8-6-11-3-2-4-11/h9-11H,2-8H2,1H3. The predicted octanol–water partition coefficient (Wildman–Crippen LogP) is 4.16. The molecule has 2 aromatic rings. The quantitative estimate of drug-likeness (QED) is 0.749. The van der Waals surface area contributed by atoms with Crippen molar-refractivity contribution in [2.24, 2.45) is 5.92 Å². The number of imidazole rings is 1. The molecule has 0 amide bonds. The van der Waals surface area contributed by atoms with Crippen molar-refractivity contribution in [3.8, 4) is 5.75 Å². The molecule has 1 heterocycles. The molecule has 0 N–H and O–H groups in total. The Morgan fingerprint density at radius 1 is 1.43 bits per heavy atom. The molecule has 3 nitrogen and oxygen atoms in total. The van der Waals surface area contributed by atoms with Crippen LogP contribution in [0.15, 0.2) is 12.1 Å². The first-order valence-electron chi connectivity index (χ1n) is 7.51. The van der Waals surface area contributed by atoms with Crippen LogP contribution < -0.4 is 4.74 Å². The van der Waals surface area contributed by atoms with Crippen LogP contribution in [0, 0.1) is 11.7 Å². The Hall–Kier alpha value is -1.29. The first kappa shape index (κ1) is 14.6. The van der Waals surface area contributed by atoms with Gasteiger partial charge in [-0.2, -0.15) is 0 Å². The van der Waals surface area contributed by atoms with Gasteiger partial charge in [-0.1, -0.05) is 19.3 Å². The highest BCUT2D eigenvalue weighted by molar-refractivity contribution is 6.17. The summed E-state index contributed by atoms with van der Waals surface area (Å²) >= 11 is 5.87. The van der Waals surface area contributed by atoms with E-state index in [-0.39, 0.29) is 11.6 Å². The van der Waals surface area contributed by atoms with Crippen molar-refractivity contribution in [1.82, 2.24) is 9.55 Å². The molecule has 0 spiro atoms. The van der Waals surface area contributed by atoms with Crippen LogP contribution in [0.3, 0.4) is 0 Å². The highest BCUT2D eigenvalue weighted by atomic mass is 35.5. The van der Waals surface area contributed by atoms with Crippen molar-refractivity contribution in [1.29, 1.82) is 0 Å². The van der Waals surface area contributed by atoms with Crippen molar-refractivity contribution < 1.29 is 9.13 Å². The monoisotopic (exact) mass is 310 g/mol. The Balaban J connectivity index is 1.97. The third-order valence-corrected chi connectivity index (χ3v) is 4.59. The minimum Gasteiger partial charge on any atom is -0.494 e. The van der Waals surface area contributed by atoms with Crippen LogP contribution in [0.25, 0.3) is 11.0 Å². The Morgan fingerprint density at radius 2 is 2.24 bits per heavy atom. The summed E-state index contributed by atoms with van der Waals surface area (Å²) in [6.45, 7) is 0.919. The highest BCUT2D eigenvalue weighted by Gasteiger charge is 2.19. The molecule has 3 rings (SSSR count). The Bertz CT molecular complexity index is 637. The van der Waals surface area contributed by atoms with Gasteiger partial charge in [0.1, 0.15) is 5.82 Å². The maximum Gasteiger partial charge on any atom is 0.167 e. The number of rotatable bonds is 6. The van der Waals surface area contributed by atoms with Gasteiger partial charge in [0.15, 0.2) is 11.6 Å². The van der Waals surface area contributed by atoms with E-state index in [2.05, 4.69) is 9.55 Å². The average molecular weight is 311 g/mol. The molecule has 1 saturated carbocycles. The lowest BCUT2D eigenvalue weighted by Crippen LogP contribution is -2.15. The van der Waals surface area contributed by atoms with E-state index in [1.807, 2.05) is 0 Å². The van der Waals surface area contributed by atoms with Crippen LogP contribution in [0.1, 0.15) is 31.5 Å². The SMILES string of the molecule is COc1cc2c(cc1F)nc(CCCl)n2CCC1CCC1. The summed E-state index contributed by atoms with van der Waals surface area (Å²) in [4.78, 5) is 4.54. The maximum absolute atomic E-state index is 13.8. The van der Waals surface area contributed by atoms with Crippen LogP contribution in [-0.4, -0.2) is 22.5 Å². The van der Waals surface area contributed by atoms with Crippen LogP contribution in [0.2, 0.25) is 0 Å². The molecule has 1 aromatic carbocycles. The third-order valence-electron chi connectivity index (χ3n) is 4.40. The number of aromatic nitrogens is 2. The van der Waals surface area contributed by atoms with E-state index >= 15 is 0 Å². The number of halogens is 2. The normalized spacial score (nSPS) is 15.4. The van der Waals surface area contributed by atoms with E-state index < -0.39 is 0 Å². The molecule has 1 aliphatic rings. The summed E-state index contributed by atoms with van der Waals surface area (Å²) < 4.78 is 21.1. The third kappa shape index (κ3) is 2.86. The molecule has 5 heteroatoms. The van der Waals surface area contributed by atoms with E-state index in [0.717, 1.165) is 30.2 Å². The first-order chi connectivity index (χ1) is 10.2. The van der Waals surface area contributed by atoms with Gasteiger partial charge in [0.2, 0.25) is 0 Å². The zero-order chi connectivity index (χ0) is 14.8. The fourth-order valence-corrected chi connectivity index (χ4v) is 3.12. The number of benzene rings is 1. The summed E-state index contributed by atoms with van der Waals surface area (Å²) in [5.41, 5.74) is 1.62. The lowest BCUT2D eigenvalue weighted by Gasteiger charge is -2.25. The highest BCUT2D eigenvalue weighted by Crippen LogP contribution is 2.31. The zero-order valence-corrected chi connectivity index (χ0v) is 13.0. The van der Waals surface area contributed by atoms with Crippen LogP contribution >= 0.6 is 11.6 Å². The second kappa shape index (κ2) is 6.22. The van der Waals surface area contributed by atoms with Gasteiger partial charge in [-0.15, -0.1) is 11.6 Å². The lowest BCUT2D eigenvalue weighted by molar-refractivity contribution is 0.282. The molecule has 0 saturated heterocycles. The number of alkyl halides is 1. The zero-order valence-electron chi connectivity index (χ0n) is 12.2. The summed E-state index contributed by atoms with van der Waals surface area (Å²) in [7, 11) is 1.49. The number of hydrogen-bond donors (Lipinski definition) is 0. The van der Waals surface area contributed by atoms with Crippen LogP contribution in [0.5, 0.6) is 5.75 Å². The first-order valence-corrected chi connectivity index (χ1v) is 8.05. The average Bonchev–Trinajstić information content (AvgIpc) is 2.73. The van der Waals surface area contributed by atoms with E-state index in [1.165, 1.54) is 32.4 Å². The summed E-state index contributed by atoms with van der Waals surface area (Å²) in [6.07, 6.45) is 5.86. The molecule has 0 aliphatic heterocycles. The fourth-order valence-electron chi connectivity index (χ4n) is 2.95. The van der Waals surface area contributed by atoms with E-state index in [0.29, 0.717) is 17.8 Å². The number of ether oxygens (including phenoxy) is 1. The van der Waals surface area contributed by atoms with Gasteiger partial charge in [-0.05, 0) is 12.3 Å². The van der Waals surface area contributed by atoms with Gasteiger partial charge in [-0.25, -0.2) is 9.37 Å². The summed E-state index contributed by atoms with van der Waals surface area (Å²) in [5, 5.41) is 0. The minimum absolute atomic E-state index is 0.268. The Kier molecular flexibility index (Phi) is 4.34. The fraction of sp³-hybridized carbons (Fsp3) is 0.562. The topological polar surface area (TPSA) is 27.1 Å².